The number of hydrogen-bond acceptors (Lipinski definition) is 3. The topological polar surface area (TPSA) is 62.7 Å². The fraction of sp³-hybridized carbons (Fsp3) is 0.100. The van der Waals surface area contributed by atoms with Crippen LogP contribution in [0, 0.1) is 25.2 Å². The molecule has 0 saturated carbocycles. The highest BCUT2D eigenvalue weighted by Gasteiger charge is 2.16. The van der Waals surface area contributed by atoms with E-state index in [1.54, 1.807) is 18.2 Å². The maximum Gasteiger partial charge on any atom is 0.142 e. The molecule has 3 aromatic rings. The Morgan fingerprint density at radius 3 is 2.40 bits per heavy atom. The summed E-state index contributed by atoms with van der Waals surface area (Å²) in [5.74, 6) is 0.182. The second-order valence-corrected chi connectivity index (χ2v) is 6.71. The first-order chi connectivity index (χ1) is 11.9. The van der Waals surface area contributed by atoms with E-state index in [1.165, 1.54) is 0 Å². The molecule has 1 aromatic heterocycles. The van der Waals surface area contributed by atoms with E-state index in [9.17, 15) is 5.26 Å². The standard InChI is InChI=1S/C20H15Cl2N3/c1-11-3-4-12(2)15(7-11)16-9-19(25-20(24)17(16)10-23)14-6-5-13(21)8-18(14)22/h3-9H,1-2H3,(H2,24,25). The van der Waals surface area contributed by atoms with E-state index in [-0.39, 0.29) is 5.82 Å². The summed E-state index contributed by atoms with van der Waals surface area (Å²) in [5.41, 5.74) is 11.6. The predicted molar refractivity (Wildman–Crippen MR) is 104 cm³/mol. The minimum Gasteiger partial charge on any atom is -0.383 e. The number of nitrogens with zero attached hydrogens (tertiary/aromatic N) is 2. The van der Waals surface area contributed by atoms with Crippen LogP contribution in [0.5, 0.6) is 0 Å². The van der Waals surface area contributed by atoms with Crippen LogP contribution in [0.25, 0.3) is 22.4 Å². The van der Waals surface area contributed by atoms with Crippen molar-refractivity contribution in [2.24, 2.45) is 0 Å². The van der Waals surface area contributed by atoms with E-state index in [0.29, 0.717) is 26.9 Å². The molecule has 124 valence electrons. The van der Waals surface area contributed by atoms with Crippen molar-refractivity contribution in [2.45, 2.75) is 13.8 Å². The molecule has 3 nitrogen and oxygen atoms in total. The molecule has 0 amide bonds. The number of aromatic nitrogens is 1. The highest BCUT2D eigenvalue weighted by atomic mass is 35.5. The molecule has 25 heavy (non-hydrogen) atoms. The van der Waals surface area contributed by atoms with Crippen molar-refractivity contribution in [3.63, 3.8) is 0 Å². The van der Waals surface area contributed by atoms with Gasteiger partial charge in [0, 0.05) is 16.1 Å². The van der Waals surface area contributed by atoms with Crippen molar-refractivity contribution in [1.82, 2.24) is 4.98 Å². The highest BCUT2D eigenvalue weighted by Crippen LogP contribution is 2.36. The lowest BCUT2D eigenvalue weighted by Gasteiger charge is -2.13. The molecule has 3 rings (SSSR count). The van der Waals surface area contributed by atoms with E-state index in [1.807, 2.05) is 38.1 Å². The molecular formula is C20H15Cl2N3. The summed E-state index contributed by atoms with van der Waals surface area (Å²) in [6, 6.07) is 15.3. The van der Waals surface area contributed by atoms with Gasteiger partial charge in [-0.1, -0.05) is 47.0 Å². The number of nitriles is 1. The lowest BCUT2D eigenvalue weighted by molar-refractivity contribution is 1.30. The molecule has 0 fully saturated rings. The van der Waals surface area contributed by atoms with Crippen LogP contribution in [0.1, 0.15) is 16.7 Å². The summed E-state index contributed by atoms with van der Waals surface area (Å²) in [4.78, 5) is 4.37. The Hall–Kier alpha value is -2.54. The number of hydrogen-bond donors (Lipinski definition) is 1. The first-order valence-electron chi connectivity index (χ1n) is 7.64. The number of anilines is 1. The van der Waals surface area contributed by atoms with Crippen LogP contribution in [0.4, 0.5) is 5.82 Å². The van der Waals surface area contributed by atoms with E-state index < -0.39 is 0 Å². The maximum atomic E-state index is 9.56. The Bertz CT molecular complexity index is 1020. The predicted octanol–water partition coefficient (Wildman–Crippen LogP) is 5.79. The molecule has 0 aliphatic heterocycles. The first-order valence-corrected chi connectivity index (χ1v) is 8.40. The summed E-state index contributed by atoms with van der Waals surface area (Å²) < 4.78 is 0. The second-order valence-electron chi connectivity index (χ2n) is 5.87. The van der Waals surface area contributed by atoms with Crippen molar-refractivity contribution in [3.8, 4) is 28.5 Å². The molecule has 0 atom stereocenters. The molecule has 1 heterocycles. The van der Waals surface area contributed by atoms with Crippen LogP contribution in [-0.4, -0.2) is 4.98 Å². The van der Waals surface area contributed by atoms with E-state index in [2.05, 4.69) is 11.1 Å². The van der Waals surface area contributed by atoms with Crippen LogP contribution in [0.3, 0.4) is 0 Å². The minimum atomic E-state index is 0.182. The summed E-state index contributed by atoms with van der Waals surface area (Å²) >= 11 is 12.3. The van der Waals surface area contributed by atoms with Gasteiger partial charge in [-0.15, -0.1) is 0 Å². The van der Waals surface area contributed by atoms with Crippen LogP contribution < -0.4 is 5.73 Å². The Morgan fingerprint density at radius 2 is 1.72 bits per heavy atom. The summed E-state index contributed by atoms with van der Waals surface area (Å²) in [6.45, 7) is 4.01. The van der Waals surface area contributed by atoms with Gasteiger partial charge in [0.2, 0.25) is 0 Å². The fourth-order valence-corrected chi connectivity index (χ4v) is 3.26. The summed E-state index contributed by atoms with van der Waals surface area (Å²) in [5, 5.41) is 10.6. The molecule has 0 saturated heterocycles. The van der Waals surface area contributed by atoms with Gasteiger partial charge in [0.1, 0.15) is 17.5 Å². The normalized spacial score (nSPS) is 10.5. The number of halogens is 2. The van der Waals surface area contributed by atoms with Crippen LogP contribution >= 0.6 is 23.2 Å². The fourth-order valence-electron chi connectivity index (χ4n) is 2.76. The zero-order chi connectivity index (χ0) is 18.1. The van der Waals surface area contributed by atoms with Crippen molar-refractivity contribution in [3.05, 3.63) is 69.2 Å². The third-order valence-electron chi connectivity index (χ3n) is 4.05. The second kappa shape index (κ2) is 6.76. The molecule has 0 bridgehead atoms. The molecule has 5 heteroatoms. The zero-order valence-electron chi connectivity index (χ0n) is 13.8. The minimum absolute atomic E-state index is 0.182. The number of benzene rings is 2. The Labute approximate surface area is 156 Å². The number of nitrogens with two attached hydrogens (primary N) is 1. The number of pyridine rings is 1. The van der Waals surface area contributed by atoms with Gasteiger partial charge >= 0.3 is 0 Å². The van der Waals surface area contributed by atoms with Crippen LogP contribution in [0.2, 0.25) is 10.0 Å². The van der Waals surface area contributed by atoms with Gasteiger partial charge in [0.05, 0.1) is 10.7 Å². The summed E-state index contributed by atoms with van der Waals surface area (Å²) in [7, 11) is 0. The van der Waals surface area contributed by atoms with Crippen molar-refractivity contribution in [2.75, 3.05) is 5.73 Å². The largest absolute Gasteiger partial charge is 0.383 e. The van der Waals surface area contributed by atoms with Crippen molar-refractivity contribution < 1.29 is 0 Å². The smallest absolute Gasteiger partial charge is 0.142 e. The molecule has 2 N–H and O–H groups in total. The van der Waals surface area contributed by atoms with Gasteiger partial charge in [-0.3, -0.25) is 0 Å². The Morgan fingerprint density at radius 1 is 0.960 bits per heavy atom. The lowest BCUT2D eigenvalue weighted by Crippen LogP contribution is -2.01. The highest BCUT2D eigenvalue weighted by molar-refractivity contribution is 6.36. The van der Waals surface area contributed by atoms with Gasteiger partial charge in [-0.2, -0.15) is 5.26 Å². The summed E-state index contributed by atoms with van der Waals surface area (Å²) in [6.07, 6.45) is 0. The van der Waals surface area contributed by atoms with Crippen molar-refractivity contribution >= 4 is 29.0 Å². The SMILES string of the molecule is Cc1ccc(C)c(-c2cc(-c3ccc(Cl)cc3Cl)nc(N)c2C#N)c1. The molecule has 0 unspecified atom stereocenters. The van der Waals surface area contributed by atoms with E-state index >= 15 is 0 Å². The first kappa shape index (κ1) is 17.3. The average Bonchev–Trinajstić information content (AvgIpc) is 2.56. The molecule has 2 aromatic carbocycles. The number of nitrogen functional groups attached to an aromatic ring is 1. The third-order valence-corrected chi connectivity index (χ3v) is 4.60. The maximum absolute atomic E-state index is 9.56. The molecule has 0 aliphatic rings. The van der Waals surface area contributed by atoms with E-state index in [4.69, 9.17) is 28.9 Å². The van der Waals surface area contributed by atoms with Gasteiger partial charge in [-0.25, -0.2) is 4.98 Å². The third kappa shape index (κ3) is 3.32. The number of aryl methyl sites for hydroxylation is 2. The van der Waals surface area contributed by atoms with Gasteiger partial charge in [-0.05, 0) is 49.2 Å². The Balaban J connectivity index is 2.30. The molecular weight excluding hydrogens is 353 g/mol. The molecule has 0 radical (unpaired) electrons. The number of rotatable bonds is 2. The Kier molecular flexibility index (Phi) is 4.67. The van der Waals surface area contributed by atoms with Gasteiger partial charge < -0.3 is 5.73 Å². The van der Waals surface area contributed by atoms with Gasteiger partial charge in [0.25, 0.3) is 0 Å². The average molecular weight is 368 g/mol. The monoisotopic (exact) mass is 367 g/mol. The lowest BCUT2D eigenvalue weighted by atomic mass is 9.94. The molecule has 0 aliphatic carbocycles. The molecule has 0 spiro atoms. The zero-order valence-corrected chi connectivity index (χ0v) is 15.3. The van der Waals surface area contributed by atoms with Crippen LogP contribution in [-0.2, 0) is 0 Å². The van der Waals surface area contributed by atoms with Crippen molar-refractivity contribution in [1.29, 1.82) is 5.26 Å². The quantitative estimate of drug-likeness (QED) is 0.622. The van der Waals surface area contributed by atoms with Crippen LogP contribution in [0.15, 0.2) is 42.5 Å². The van der Waals surface area contributed by atoms with E-state index in [0.717, 1.165) is 22.3 Å². The van der Waals surface area contributed by atoms with Gasteiger partial charge in [0.15, 0.2) is 0 Å².